The molecule has 3 heteroatoms. The Morgan fingerprint density at radius 1 is 1.05 bits per heavy atom. The van der Waals surface area contributed by atoms with Gasteiger partial charge in [-0.3, -0.25) is 0 Å². The van der Waals surface area contributed by atoms with Gasteiger partial charge in [0.05, 0.1) is 6.04 Å². The van der Waals surface area contributed by atoms with E-state index >= 15 is 0 Å². The molecule has 0 radical (unpaired) electrons. The van der Waals surface area contributed by atoms with Crippen molar-refractivity contribution in [2.75, 3.05) is 6.54 Å². The van der Waals surface area contributed by atoms with Crippen LogP contribution in [0, 0.1) is 0 Å². The van der Waals surface area contributed by atoms with Crippen molar-refractivity contribution in [3.63, 3.8) is 0 Å². The smallest absolute Gasteiger partial charge is 0.125 e. The van der Waals surface area contributed by atoms with E-state index in [1.54, 1.807) is 0 Å². The quantitative estimate of drug-likeness (QED) is 0.562. The minimum atomic E-state index is 0.422. The van der Waals surface area contributed by atoms with Crippen molar-refractivity contribution in [2.24, 2.45) is 0 Å². The van der Waals surface area contributed by atoms with Crippen LogP contribution in [-0.2, 0) is 6.54 Å². The molecule has 0 aliphatic carbocycles. The summed E-state index contributed by atoms with van der Waals surface area (Å²) in [6, 6.07) is 0.422. The second kappa shape index (κ2) is 10.9. The Bertz CT molecular complexity index is 333. The van der Waals surface area contributed by atoms with Crippen molar-refractivity contribution < 1.29 is 0 Å². The van der Waals surface area contributed by atoms with Gasteiger partial charge in [-0.25, -0.2) is 4.98 Å². The normalized spacial score (nSPS) is 12.8. The number of unbranched alkanes of at least 4 members (excludes halogenated alkanes) is 6. The van der Waals surface area contributed by atoms with E-state index in [4.69, 9.17) is 0 Å². The molecule has 0 fully saturated rings. The van der Waals surface area contributed by atoms with Gasteiger partial charge in [0, 0.05) is 18.9 Å². The zero-order valence-corrected chi connectivity index (χ0v) is 13.7. The predicted molar refractivity (Wildman–Crippen MR) is 86.9 cm³/mol. The molecular weight excluding hydrogens is 246 g/mol. The molecule has 116 valence electrons. The van der Waals surface area contributed by atoms with E-state index in [9.17, 15) is 0 Å². The Morgan fingerprint density at radius 3 is 2.40 bits per heavy atom. The molecule has 0 saturated heterocycles. The van der Waals surface area contributed by atoms with Crippen LogP contribution in [-0.4, -0.2) is 16.1 Å². The maximum absolute atomic E-state index is 4.55. The van der Waals surface area contributed by atoms with Crippen LogP contribution in [0.3, 0.4) is 0 Å². The summed E-state index contributed by atoms with van der Waals surface area (Å²) in [6.45, 7) is 8.65. The van der Waals surface area contributed by atoms with Crippen LogP contribution in [0.5, 0.6) is 0 Å². The van der Waals surface area contributed by atoms with Crippen LogP contribution in [0.15, 0.2) is 12.4 Å². The summed E-state index contributed by atoms with van der Waals surface area (Å²) >= 11 is 0. The fourth-order valence-electron chi connectivity index (χ4n) is 2.77. The number of aromatic nitrogens is 2. The monoisotopic (exact) mass is 279 g/mol. The summed E-state index contributed by atoms with van der Waals surface area (Å²) < 4.78 is 2.26. The fraction of sp³-hybridized carbons (Fsp3) is 0.824. The summed E-state index contributed by atoms with van der Waals surface area (Å²) in [6.07, 6.45) is 14.8. The molecule has 0 aliphatic heterocycles. The first kappa shape index (κ1) is 17.2. The lowest BCUT2D eigenvalue weighted by molar-refractivity contribution is 0.443. The number of aryl methyl sites for hydroxylation is 1. The molecule has 20 heavy (non-hydrogen) atoms. The van der Waals surface area contributed by atoms with Gasteiger partial charge < -0.3 is 9.88 Å². The lowest BCUT2D eigenvalue weighted by Crippen LogP contribution is -2.24. The zero-order valence-electron chi connectivity index (χ0n) is 13.7. The molecule has 1 heterocycles. The van der Waals surface area contributed by atoms with E-state index in [0.717, 1.165) is 13.1 Å². The molecule has 0 aromatic carbocycles. The van der Waals surface area contributed by atoms with Crippen molar-refractivity contribution >= 4 is 0 Å². The Hall–Kier alpha value is -0.830. The van der Waals surface area contributed by atoms with Crippen LogP contribution >= 0.6 is 0 Å². The van der Waals surface area contributed by atoms with Crippen LogP contribution in [0.25, 0.3) is 0 Å². The molecule has 1 aromatic rings. The average Bonchev–Trinajstić information content (AvgIpc) is 2.93. The van der Waals surface area contributed by atoms with Crippen LogP contribution < -0.4 is 5.32 Å². The van der Waals surface area contributed by atoms with E-state index in [-0.39, 0.29) is 0 Å². The Labute approximate surface area is 125 Å². The van der Waals surface area contributed by atoms with Gasteiger partial charge in [-0.2, -0.15) is 0 Å². The van der Waals surface area contributed by atoms with E-state index in [0.29, 0.717) is 6.04 Å². The van der Waals surface area contributed by atoms with Gasteiger partial charge in [-0.1, -0.05) is 58.8 Å². The molecular formula is C17H33N3. The number of hydrogen-bond acceptors (Lipinski definition) is 2. The first-order valence-corrected chi connectivity index (χ1v) is 8.57. The third-order valence-corrected chi connectivity index (χ3v) is 3.95. The number of nitrogens with zero attached hydrogens (tertiary/aromatic N) is 2. The maximum atomic E-state index is 4.55. The highest BCUT2D eigenvalue weighted by atomic mass is 15.1. The van der Waals surface area contributed by atoms with Crippen molar-refractivity contribution in [3.05, 3.63) is 18.2 Å². The highest BCUT2D eigenvalue weighted by Gasteiger charge is 2.14. The minimum Gasteiger partial charge on any atom is -0.334 e. The molecule has 1 N–H and O–H groups in total. The standard InChI is InChI=1S/C17H33N3/c1-4-7-8-9-10-11-12-13-16(18-5-2)17-19-14-15-20(17)6-3/h14-16,18H,4-13H2,1-3H3. The Morgan fingerprint density at radius 2 is 1.75 bits per heavy atom. The summed E-state index contributed by atoms with van der Waals surface area (Å²) in [4.78, 5) is 4.55. The second-order valence-electron chi connectivity index (χ2n) is 5.59. The van der Waals surface area contributed by atoms with E-state index < -0.39 is 0 Å². The number of imidazole rings is 1. The summed E-state index contributed by atoms with van der Waals surface area (Å²) in [5.41, 5.74) is 0. The second-order valence-corrected chi connectivity index (χ2v) is 5.59. The molecule has 1 atom stereocenters. The van der Waals surface area contributed by atoms with Gasteiger partial charge in [0.15, 0.2) is 0 Å². The Balaban J connectivity index is 2.29. The molecule has 0 amide bonds. The predicted octanol–water partition coefficient (Wildman–Crippen LogP) is 4.69. The van der Waals surface area contributed by atoms with Gasteiger partial charge in [-0.05, 0) is 19.9 Å². The lowest BCUT2D eigenvalue weighted by Gasteiger charge is -2.18. The third-order valence-electron chi connectivity index (χ3n) is 3.95. The van der Waals surface area contributed by atoms with E-state index in [1.165, 1.54) is 57.2 Å². The molecule has 1 rings (SSSR count). The van der Waals surface area contributed by atoms with Gasteiger partial charge in [0.2, 0.25) is 0 Å². The summed E-state index contributed by atoms with van der Waals surface area (Å²) in [5.74, 6) is 1.21. The lowest BCUT2D eigenvalue weighted by atomic mass is 10.0. The van der Waals surface area contributed by atoms with Crippen LogP contribution in [0.4, 0.5) is 0 Å². The van der Waals surface area contributed by atoms with Crippen molar-refractivity contribution in [1.82, 2.24) is 14.9 Å². The van der Waals surface area contributed by atoms with Crippen molar-refractivity contribution in [2.45, 2.75) is 84.7 Å². The molecule has 1 aromatic heterocycles. The summed E-state index contributed by atoms with van der Waals surface area (Å²) in [7, 11) is 0. The Kier molecular flexibility index (Phi) is 9.38. The molecule has 0 bridgehead atoms. The van der Waals surface area contributed by atoms with Gasteiger partial charge in [-0.15, -0.1) is 0 Å². The summed E-state index contributed by atoms with van der Waals surface area (Å²) in [5, 5.41) is 3.59. The fourth-order valence-corrected chi connectivity index (χ4v) is 2.77. The first-order chi connectivity index (χ1) is 9.83. The highest BCUT2D eigenvalue weighted by Crippen LogP contribution is 2.19. The third kappa shape index (κ3) is 6.08. The van der Waals surface area contributed by atoms with Crippen LogP contribution in [0.2, 0.25) is 0 Å². The minimum absolute atomic E-state index is 0.422. The van der Waals surface area contributed by atoms with Gasteiger partial charge in [0.1, 0.15) is 5.82 Å². The van der Waals surface area contributed by atoms with Crippen molar-refractivity contribution in [3.8, 4) is 0 Å². The average molecular weight is 279 g/mol. The maximum Gasteiger partial charge on any atom is 0.125 e. The van der Waals surface area contributed by atoms with Gasteiger partial charge >= 0.3 is 0 Å². The number of nitrogens with one attached hydrogen (secondary N) is 1. The molecule has 1 unspecified atom stereocenters. The van der Waals surface area contributed by atoms with E-state index in [2.05, 4.69) is 41.8 Å². The molecule has 0 saturated carbocycles. The number of rotatable bonds is 12. The molecule has 0 aliphatic rings. The highest BCUT2D eigenvalue weighted by molar-refractivity contribution is 4.99. The van der Waals surface area contributed by atoms with Gasteiger partial charge in [0.25, 0.3) is 0 Å². The van der Waals surface area contributed by atoms with Crippen LogP contribution in [0.1, 0.15) is 84.0 Å². The molecule has 0 spiro atoms. The topological polar surface area (TPSA) is 29.9 Å². The van der Waals surface area contributed by atoms with E-state index in [1.807, 2.05) is 6.20 Å². The van der Waals surface area contributed by atoms with Crippen molar-refractivity contribution in [1.29, 1.82) is 0 Å². The molecule has 3 nitrogen and oxygen atoms in total. The number of hydrogen-bond donors (Lipinski definition) is 1. The SMILES string of the molecule is CCCCCCCCCC(NCC)c1nccn1CC. The largest absolute Gasteiger partial charge is 0.334 e. The zero-order chi connectivity index (χ0) is 14.6. The first-order valence-electron chi connectivity index (χ1n) is 8.57.